The highest BCUT2D eigenvalue weighted by Gasteiger charge is 2.42. The first-order valence-corrected chi connectivity index (χ1v) is 20.7. The third-order valence-electron chi connectivity index (χ3n) is 11.9. The highest BCUT2D eigenvalue weighted by molar-refractivity contribution is 5.99. The van der Waals surface area contributed by atoms with E-state index in [-0.39, 0.29) is 53.1 Å². The van der Waals surface area contributed by atoms with Gasteiger partial charge < -0.3 is 45.0 Å². The highest BCUT2D eigenvalue weighted by atomic mass is 16.5. The maximum Gasteiger partial charge on any atom is 0.407 e. The summed E-state index contributed by atoms with van der Waals surface area (Å²) in [6.07, 6.45) is 0.0528. The van der Waals surface area contributed by atoms with Crippen LogP contribution in [0.2, 0.25) is 0 Å². The smallest absolute Gasteiger partial charge is 0.407 e. The number of carboxylic acid groups (broad SMARTS) is 1. The van der Waals surface area contributed by atoms with E-state index in [9.17, 15) is 29.1 Å². The van der Waals surface area contributed by atoms with Crippen LogP contribution in [0.25, 0.3) is 44.3 Å². The van der Waals surface area contributed by atoms with Gasteiger partial charge in [0.05, 0.1) is 53.9 Å². The minimum absolute atomic E-state index is 0.121. The van der Waals surface area contributed by atoms with Crippen molar-refractivity contribution >= 4 is 52.0 Å². The van der Waals surface area contributed by atoms with E-state index < -0.39 is 30.2 Å². The van der Waals surface area contributed by atoms with Gasteiger partial charge >= 0.3 is 18.2 Å². The number of alkyl carbamates (subject to hydrolysis) is 2. The number of nitrogens with zero attached hydrogens (tertiary/aromatic N) is 4. The van der Waals surface area contributed by atoms with Crippen LogP contribution in [-0.4, -0.2) is 104 Å². The molecule has 61 heavy (non-hydrogen) atoms. The molecule has 4 heterocycles. The molecular formula is C45H54N8O8. The van der Waals surface area contributed by atoms with Gasteiger partial charge in [-0.1, -0.05) is 65.8 Å². The Morgan fingerprint density at radius 2 is 1.10 bits per heavy atom. The van der Waals surface area contributed by atoms with Crippen LogP contribution in [-0.2, 0) is 19.1 Å². The van der Waals surface area contributed by atoms with E-state index in [0.717, 1.165) is 11.1 Å². The van der Waals surface area contributed by atoms with Gasteiger partial charge in [-0.25, -0.2) is 24.4 Å². The number of ether oxygens (including phenoxy) is 2. The molecule has 0 aliphatic carbocycles. The molecule has 16 nitrogen and oxygen atoms in total. The quantitative estimate of drug-likeness (QED) is 0.0915. The lowest BCUT2D eigenvalue weighted by molar-refractivity contribution is -0.136. The summed E-state index contributed by atoms with van der Waals surface area (Å²) >= 11 is 0. The third-order valence-corrected chi connectivity index (χ3v) is 11.9. The van der Waals surface area contributed by atoms with E-state index in [0.29, 0.717) is 70.8 Å². The average molecular weight is 835 g/mol. The van der Waals surface area contributed by atoms with Crippen LogP contribution in [0.1, 0.15) is 88.5 Å². The largest absolute Gasteiger partial charge is 0.478 e. The number of fused-ring (bicyclic) bond motifs is 2. The normalized spacial score (nSPS) is 20.0. The van der Waals surface area contributed by atoms with Crippen LogP contribution in [0.3, 0.4) is 0 Å². The van der Waals surface area contributed by atoms with Crippen molar-refractivity contribution in [1.29, 1.82) is 0 Å². The predicted molar refractivity (Wildman–Crippen MR) is 228 cm³/mol. The molecule has 5 aromatic rings. The van der Waals surface area contributed by atoms with Crippen molar-refractivity contribution in [3.05, 3.63) is 71.8 Å². The molecule has 2 aromatic heterocycles. The summed E-state index contributed by atoms with van der Waals surface area (Å²) in [6, 6.07) is 14.4. The number of rotatable bonds is 11. The number of carbonyl (C=O) groups is 5. The number of methoxy groups -OCH3 is 2. The second-order valence-electron chi connectivity index (χ2n) is 17.2. The Bertz CT molecular complexity index is 2490. The van der Waals surface area contributed by atoms with Crippen LogP contribution in [0.4, 0.5) is 9.59 Å². The lowest BCUT2D eigenvalue weighted by atomic mass is 9.94. The molecule has 16 heteroatoms. The lowest BCUT2D eigenvalue weighted by Crippen LogP contribution is -2.51. The number of carboxylic acids is 1. The number of hydrogen-bond acceptors (Lipinski definition) is 9. The second-order valence-corrected chi connectivity index (χ2v) is 17.2. The summed E-state index contributed by atoms with van der Waals surface area (Å²) in [5.41, 5.74) is 5.64. The standard InChI is InChI=1S/C45H54N8O8/c1-22(2)37(50-44(58)60-7)41(54)52-20-24(5)15-35(52)39-46-31-13-10-27(18-33(31)48-39)26-9-12-29(30(17-26)43(56)57)28-11-14-32-34(19-28)49-40(47-32)36-16-25(6)21-53(36)42(55)38(23(3)4)51-45(59)61-8/h9-14,17-19,22-25,35-38H,15-16,20-21H2,1-8H3,(H,46,48)(H,47,49)(H,50,58)(H,51,59)(H,56,57)/t24-,25-,35-,36-,37-,38-/m0/s1. The van der Waals surface area contributed by atoms with Crippen molar-refractivity contribution in [3.63, 3.8) is 0 Å². The zero-order valence-electron chi connectivity index (χ0n) is 35.7. The van der Waals surface area contributed by atoms with Crippen LogP contribution in [0, 0.1) is 23.7 Å². The molecule has 322 valence electrons. The zero-order chi connectivity index (χ0) is 43.9. The van der Waals surface area contributed by atoms with Gasteiger partial charge in [-0.3, -0.25) is 9.59 Å². The van der Waals surface area contributed by atoms with E-state index in [1.54, 1.807) is 21.9 Å². The molecule has 6 atom stereocenters. The van der Waals surface area contributed by atoms with E-state index in [4.69, 9.17) is 19.4 Å². The van der Waals surface area contributed by atoms with Crippen LogP contribution < -0.4 is 10.6 Å². The average Bonchev–Trinajstić information content (AvgIpc) is 4.04. The van der Waals surface area contributed by atoms with Gasteiger partial charge in [0.1, 0.15) is 23.7 Å². The number of amides is 4. The molecule has 2 saturated heterocycles. The summed E-state index contributed by atoms with van der Waals surface area (Å²) in [4.78, 5) is 84.7. The van der Waals surface area contributed by atoms with Gasteiger partial charge in [0.25, 0.3) is 0 Å². The zero-order valence-corrected chi connectivity index (χ0v) is 35.7. The number of aromatic carboxylic acids is 1. The van der Waals surface area contributed by atoms with E-state index in [2.05, 4.69) is 34.4 Å². The number of aromatic nitrogens is 4. The number of nitrogens with one attached hydrogen (secondary N) is 4. The molecule has 0 spiro atoms. The molecule has 7 rings (SSSR count). The van der Waals surface area contributed by atoms with Crippen LogP contribution in [0.5, 0.6) is 0 Å². The number of aromatic amines is 2. The van der Waals surface area contributed by atoms with Gasteiger partial charge in [-0.2, -0.15) is 0 Å². The molecule has 0 bridgehead atoms. The Kier molecular flexibility index (Phi) is 12.1. The highest BCUT2D eigenvalue weighted by Crippen LogP contribution is 2.39. The van der Waals surface area contributed by atoms with Gasteiger partial charge in [-0.15, -0.1) is 0 Å². The Morgan fingerprint density at radius 3 is 1.54 bits per heavy atom. The topological polar surface area (TPSA) is 212 Å². The molecule has 2 aliphatic rings. The fourth-order valence-corrected chi connectivity index (χ4v) is 8.73. The van der Waals surface area contributed by atoms with E-state index in [1.165, 1.54) is 14.2 Å². The van der Waals surface area contributed by atoms with Gasteiger partial charge in [0.15, 0.2) is 0 Å². The SMILES string of the molecule is COC(=O)N[C@H](C(=O)N1C[C@@H](C)C[C@H]1c1nc2ccc(-c3ccc(-c4ccc5nc([C@@H]6C[C@H](C)CN6C(=O)[C@@H](NC(=O)OC)C(C)C)[nH]c5c4)c(C(=O)O)c3)cc2[nH]1)C(C)C. The van der Waals surface area contributed by atoms with E-state index >= 15 is 0 Å². The molecule has 5 N–H and O–H groups in total. The van der Waals surface area contributed by atoms with Gasteiger partial charge in [0.2, 0.25) is 11.8 Å². The Labute approximate surface area is 353 Å². The number of imidazole rings is 2. The monoisotopic (exact) mass is 834 g/mol. The first-order chi connectivity index (χ1) is 29.1. The Balaban J connectivity index is 1.14. The fourth-order valence-electron chi connectivity index (χ4n) is 8.73. The first kappa shape index (κ1) is 42.7. The van der Waals surface area contributed by atoms with Gasteiger partial charge in [0, 0.05) is 13.1 Å². The van der Waals surface area contributed by atoms with Crippen LogP contribution >= 0.6 is 0 Å². The van der Waals surface area contributed by atoms with E-state index in [1.807, 2.05) is 70.2 Å². The molecule has 0 saturated carbocycles. The number of hydrogen-bond donors (Lipinski definition) is 5. The van der Waals surface area contributed by atoms with Crippen molar-refractivity contribution < 1.29 is 38.6 Å². The minimum atomic E-state index is -1.08. The lowest BCUT2D eigenvalue weighted by Gasteiger charge is -2.30. The first-order valence-electron chi connectivity index (χ1n) is 20.7. The molecule has 4 amide bonds. The molecule has 0 unspecified atom stereocenters. The van der Waals surface area contributed by atoms with Crippen molar-refractivity contribution in [2.45, 2.75) is 78.6 Å². The fraction of sp³-hybridized carbons (Fsp3) is 0.444. The maximum atomic E-state index is 13.8. The van der Waals surface area contributed by atoms with Crippen molar-refractivity contribution in [1.82, 2.24) is 40.4 Å². The van der Waals surface area contributed by atoms with Crippen molar-refractivity contribution in [3.8, 4) is 22.3 Å². The number of H-pyrrole nitrogens is 2. The van der Waals surface area contributed by atoms with Crippen molar-refractivity contribution in [2.75, 3.05) is 27.3 Å². The number of carbonyl (C=O) groups excluding carboxylic acids is 4. The summed E-state index contributed by atoms with van der Waals surface area (Å²) < 4.78 is 9.56. The molecule has 2 aliphatic heterocycles. The molecule has 3 aromatic carbocycles. The molecular weight excluding hydrogens is 781 g/mol. The number of benzene rings is 3. The Hall–Kier alpha value is -6.45. The maximum absolute atomic E-state index is 13.8. The summed E-state index contributed by atoms with van der Waals surface area (Å²) in [7, 11) is 2.53. The summed E-state index contributed by atoms with van der Waals surface area (Å²) in [6.45, 7) is 12.7. The summed E-state index contributed by atoms with van der Waals surface area (Å²) in [5, 5.41) is 15.9. The van der Waals surface area contributed by atoms with Gasteiger partial charge in [-0.05, 0) is 89.1 Å². The molecule has 0 radical (unpaired) electrons. The summed E-state index contributed by atoms with van der Waals surface area (Å²) in [5.74, 6) is -0.142. The molecule has 2 fully saturated rings. The second kappa shape index (κ2) is 17.3. The number of likely N-dealkylation sites (tertiary alicyclic amines) is 2. The van der Waals surface area contributed by atoms with Crippen molar-refractivity contribution in [2.24, 2.45) is 23.7 Å². The minimum Gasteiger partial charge on any atom is -0.478 e. The van der Waals surface area contributed by atoms with Crippen LogP contribution in [0.15, 0.2) is 54.6 Å². The predicted octanol–water partition coefficient (Wildman–Crippen LogP) is 7.05. The third kappa shape index (κ3) is 8.61. The Morgan fingerprint density at radius 1 is 0.672 bits per heavy atom.